The number of anilines is 4. The molecule has 0 fully saturated rings. The van der Waals surface area contributed by atoms with E-state index >= 15 is 0 Å². The number of thioether (sulfide) groups is 1. The topological polar surface area (TPSA) is 78.9 Å². The van der Waals surface area contributed by atoms with Gasteiger partial charge in [-0.1, -0.05) is 12.1 Å². The number of benzene rings is 2. The highest BCUT2D eigenvalue weighted by molar-refractivity contribution is 7.99. The van der Waals surface area contributed by atoms with E-state index in [-0.39, 0.29) is 22.0 Å². The highest BCUT2D eigenvalue weighted by Gasteiger charge is 2.28. The fourth-order valence-corrected chi connectivity index (χ4v) is 4.24. The van der Waals surface area contributed by atoms with E-state index in [1.54, 1.807) is 0 Å². The van der Waals surface area contributed by atoms with Crippen molar-refractivity contribution in [3.8, 4) is 0 Å². The molecule has 1 aromatic heterocycles. The van der Waals surface area contributed by atoms with E-state index in [9.17, 15) is 30.6 Å². The number of alkyl halides is 6. The molecule has 0 aliphatic heterocycles. The van der Waals surface area contributed by atoms with Gasteiger partial charge in [0.25, 0.3) is 0 Å². The number of hydrogen-bond donors (Lipinski definition) is 3. The van der Waals surface area contributed by atoms with Gasteiger partial charge in [-0.2, -0.15) is 26.3 Å². The summed E-state index contributed by atoms with van der Waals surface area (Å²) in [6.45, 7) is 0. The van der Waals surface area contributed by atoms with Crippen LogP contribution in [0, 0.1) is 0 Å². The number of hydrogen-bond acceptors (Lipinski definition) is 6. The summed E-state index contributed by atoms with van der Waals surface area (Å²) in [5.74, 6) is -0.584. The van der Waals surface area contributed by atoms with Gasteiger partial charge in [-0.05, 0) is 42.9 Å². The van der Waals surface area contributed by atoms with Crippen LogP contribution in [-0.2, 0) is 17.4 Å². The van der Waals surface area contributed by atoms with E-state index < -0.39 is 35.5 Å². The Bertz CT molecular complexity index is 1170. The van der Waals surface area contributed by atoms with Crippen LogP contribution in [0.2, 0.25) is 0 Å². The quantitative estimate of drug-likeness (QED) is 0.232. The molecule has 1 unspecified atom stereocenters. The summed E-state index contributed by atoms with van der Waals surface area (Å²) in [4.78, 5) is 8.73. The van der Waals surface area contributed by atoms with Crippen LogP contribution >= 0.6 is 11.8 Å². The van der Waals surface area contributed by atoms with Gasteiger partial charge in [0, 0.05) is 16.6 Å². The van der Waals surface area contributed by atoms with E-state index in [4.69, 9.17) is 0 Å². The van der Waals surface area contributed by atoms with Crippen LogP contribution in [0.25, 0.3) is 0 Å². The molecule has 3 rings (SSSR count). The molecule has 6 nitrogen and oxygen atoms in total. The summed E-state index contributed by atoms with van der Waals surface area (Å²) in [5, 5.41) is 5.86. The predicted octanol–water partition coefficient (Wildman–Crippen LogP) is 5.97. The first-order chi connectivity index (χ1) is 16.4. The fourth-order valence-electron chi connectivity index (χ4n) is 2.84. The minimum Gasteiger partial charge on any atom is -0.340 e. The van der Waals surface area contributed by atoms with Crippen molar-refractivity contribution in [2.45, 2.75) is 28.6 Å². The van der Waals surface area contributed by atoms with E-state index in [0.29, 0.717) is 28.2 Å². The molecule has 0 spiro atoms. The molecule has 0 aliphatic carbocycles. The Morgan fingerprint density at radius 1 is 0.886 bits per heavy atom. The Morgan fingerprint density at radius 3 is 2.14 bits per heavy atom. The molecule has 0 amide bonds. The van der Waals surface area contributed by atoms with Crippen LogP contribution in [0.3, 0.4) is 0 Å². The fraction of sp³-hybridized carbons (Fsp3) is 0.238. The zero-order valence-electron chi connectivity index (χ0n) is 18.0. The maximum absolute atomic E-state index is 12.7. The van der Waals surface area contributed by atoms with Gasteiger partial charge in [0.1, 0.15) is 28.9 Å². The van der Waals surface area contributed by atoms with Gasteiger partial charge in [-0.3, -0.25) is 0 Å². The number of rotatable bonds is 9. The Kier molecular flexibility index (Phi) is 8.61. The third kappa shape index (κ3) is 8.71. The van der Waals surface area contributed by atoms with Crippen LogP contribution in [0.4, 0.5) is 49.4 Å². The van der Waals surface area contributed by atoms with Crippen LogP contribution in [0.15, 0.2) is 64.6 Å². The van der Waals surface area contributed by atoms with Gasteiger partial charge in [0.15, 0.2) is 0 Å². The van der Waals surface area contributed by atoms with E-state index in [1.165, 1.54) is 61.9 Å². The third-order valence-electron chi connectivity index (χ3n) is 4.30. The molecule has 0 saturated carbocycles. The Morgan fingerprint density at radius 2 is 1.54 bits per heavy atom. The molecule has 0 aliphatic rings. The van der Waals surface area contributed by atoms with Crippen molar-refractivity contribution >= 4 is 45.8 Å². The second-order valence-electron chi connectivity index (χ2n) is 7.06. The number of nitrogens with zero attached hydrogens (tertiary/aromatic N) is 2. The van der Waals surface area contributed by atoms with E-state index in [1.807, 2.05) is 0 Å². The van der Waals surface area contributed by atoms with Crippen LogP contribution in [0.1, 0.15) is 5.56 Å². The zero-order chi connectivity index (χ0) is 25.6. The molecule has 0 radical (unpaired) electrons. The summed E-state index contributed by atoms with van der Waals surface area (Å²) in [7, 11) is -0.0847. The van der Waals surface area contributed by atoms with Crippen molar-refractivity contribution in [3.63, 3.8) is 0 Å². The Labute approximate surface area is 203 Å². The maximum atomic E-state index is 12.7. The second kappa shape index (κ2) is 11.3. The monoisotopic (exact) mass is 535 g/mol. The summed E-state index contributed by atoms with van der Waals surface area (Å²) in [6, 6.07) is 11.5. The highest BCUT2D eigenvalue weighted by Crippen LogP contribution is 2.35. The lowest BCUT2D eigenvalue weighted by atomic mass is 10.1. The molecule has 3 N–H and O–H groups in total. The largest absolute Gasteiger partial charge is 0.398 e. The average Bonchev–Trinajstić information content (AvgIpc) is 2.77. The average molecular weight is 536 g/mol. The van der Waals surface area contributed by atoms with E-state index in [0.717, 1.165) is 0 Å². The number of halogens is 6. The smallest absolute Gasteiger partial charge is 0.340 e. The Balaban J connectivity index is 1.79. The minimum atomic E-state index is -4.38. The number of nitrogens with one attached hydrogen (secondary N) is 3. The molecule has 35 heavy (non-hydrogen) atoms. The highest BCUT2D eigenvalue weighted by atomic mass is 32.2. The lowest BCUT2D eigenvalue weighted by Gasteiger charge is -2.14. The SMILES string of the molecule is CNS(=O)c1ccc(SCC(F)(F)F)c(Nc2cc(Nc3ccc(CC(F)(F)F)cc3)ncn2)c1. The summed E-state index contributed by atoms with van der Waals surface area (Å²) < 4.78 is 90.4. The third-order valence-corrected chi connectivity index (χ3v) is 6.49. The summed E-state index contributed by atoms with van der Waals surface area (Å²) >= 11 is 0.567. The molecule has 14 heteroatoms. The van der Waals surface area contributed by atoms with Gasteiger partial charge in [-0.15, -0.1) is 11.8 Å². The summed E-state index contributed by atoms with van der Waals surface area (Å²) in [5.41, 5.74) is 0.853. The molecular weight excluding hydrogens is 516 g/mol. The first-order valence-corrected chi connectivity index (χ1v) is 12.0. The lowest BCUT2D eigenvalue weighted by molar-refractivity contribution is -0.127. The van der Waals surface area contributed by atoms with Gasteiger partial charge in [0.2, 0.25) is 0 Å². The van der Waals surface area contributed by atoms with Crippen LogP contribution < -0.4 is 15.4 Å². The standard InChI is InChI=1S/C21H19F6N5OS2/c1-28-35(33)15-6-7-17(34-11-21(25,26)27)16(8-15)32-19-9-18(29-12-30-19)31-14-4-2-13(3-5-14)10-20(22,23)24/h2-9,12,28H,10-11H2,1H3,(H2,29,30,31,32). The molecule has 1 atom stereocenters. The normalized spacial score (nSPS) is 12.9. The van der Waals surface area contributed by atoms with Crippen molar-refractivity contribution in [3.05, 3.63) is 60.4 Å². The summed E-state index contributed by atoms with van der Waals surface area (Å²) in [6.07, 6.45) is -8.52. The molecule has 188 valence electrons. The van der Waals surface area contributed by atoms with Crippen molar-refractivity contribution in [2.75, 3.05) is 23.4 Å². The van der Waals surface area contributed by atoms with Crippen LogP contribution in [0.5, 0.6) is 0 Å². The van der Waals surface area contributed by atoms with Crippen molar-refractivity contribution in [1.29, 1.82) is 0 Å². The number of aromatic nitrogens is 2. The second-order valence-corrected chi connectivity index (χ2v) is 9.50. The zero-order valence-corrected chi connectivity index (χ0v) is 19.6. The molecule has 0 bridgehead atoms. The van der Waals surface area contributed by atoms with Crippen molar-refractivity contribution < 1.29 is 30.6 Å². The Hall–Kier alpha value is -2.84. The molecule has 1 heterocycles. The maximum Gasteiger partial charge on any atom is 0.398 e. The first-order valence-electron chi connectivity index (χ1n) is 9.86. The minimum absolute atomic E-state index is 0.107. The predicted molar refractivity (Wildman–Crippen MR) is 123 cm³/mol. The lowest BCUT2D eigenvalue weighted by Crippen LogP contribution is -2.12. The van der Waals surface area contributed by atoms with Gasteiger partial charge in [-0.25, -0.2) is 18.9 Å². The van der Waals surface area contributed by atoms with Crippen molar-refractivity contribution in [1.82, 2.24) is 14.7 Å². The molecule has 0 saturated heterocycles. The first kappa shape index (κ1) is 26.8. The molecule has 3 aromatic rings. The molecular formula is C21H19F6N5OS2. The van der Waals surface area contributed by atoms with Crippen LogP contribution in [-0.4, -0.2) is 39.3 Å². The van der Waals surface area contributed by atoms with E-state index in [2.05, 4.69) is 25.3 Å². The van der Waals surface area contributed by atoms with Crippen molar-refractivity contribution in [2.24, 2.45) is 0 Å². The molecule has 2 aromatic carbocycles. The van der Waals surface area contributed by atoms with Gasteiger partial charge >= 0.3 is 12.4 Å². The van der Waals surface area contributed by atoms with Gasteiger partial charge < -0.3 is 10.6 Å². The van der Waals surface area contributed by atoms with Gasteiger partial charge in [0.05, 0.1) is 22.8 Å².